The van der Waals surface area contributed by atoms with Crippen molar-refractivity contribution in [1.82, 2.24) is 0 Å². The minimum absolute atomic E-state index is 0.452. The lowest BCUT2D eigenvalue weighted by atomic mass is 10.2. The van der Waals surface area contributed by atoms with Crippen LogP contribution in [-0.2, 0) is 0 Å². The largest absolute Gasteiger partial charge is 0.465 e. The molecule has 92 valence electrons. The lowest BCUT2D eigenvalue weighted by Gasteiger charge is -2.18. The van der Waals surface area contributed by atoms with E-state index in [0.29, 0.717) is 5.69 Å². The maximum Gasteiger partial charge on any atom is 0.409 e. The van der Waals surface area contributed by atoms with Gasteiger partial charge in [-0.2, -0.15) is 0 Å². The Kier molecular flexibility index (Phi) is 3.12. The van der Waals surface area contributed by atoms with Crippen LogP contribution in [0.2, 0.25) is 0 Å². The first kappa shape index (κ1) is 11.6. The molecule has 0 radical (unpaired) electrons. The third kappa shape index (κ3) is 2.46. The summed E-state index contributed by atoms with van der Waals surface area (Å²) in [5, 5.41) is 10.1. The molecule has 0 unspecified atom stereocenters. The standard InChI is InChI=1S/C11H12F2N2O2/c12-8-5-7(15-3-1-2-4-15)6-9(13)10(8)14-11(16)17/h5-6,14H,1-4H2,(H,16,17). The molecule has 0 bridgehead atoms. The number of nitrogens with one attached hydrogen (secondary N) is 1. The van der Waals surface area contributed by atoms with Gasteiger partial charge in [-0.25, -0.2) is 13.6 Å². The third-order valence-electron chi connectivity index (χ3n) is 2.73. The van der Waals surface area contributed by atoms with E-state index in [2.05, 4.69) is 0 Å². The number of halogens is 2. The topological polar surface area (TPSA) is 52.6 Å². The monoisotopic (exact) mass is 242 g/mol. The molecule has 4 nitrogen and oxygen atoms in total. The summed E-state index contributed by atoms with van der Waals surface area (Å²) in [4.78, 5) is 12.2. The summed E-state index contributed by atoms with van der Waals surface area (Å²) in [6.45, 7) is 1.54. The van der Waals surface area contributed by atoms with E-state index in [1.165, 1.54) is 0 Å². The van der Waals surface area contributed by atoms with Gasteiger partial charge in [0, 0.05) is 18.8 Å². The molecule has 0 atom stereocenters. The van der Waals surface area contributed by atoms with Crippen molar-refractivity contribution < 1.29 is 18.7 Å². The molecule has 1 aliphatic heterocycles. The normalized spacial score (nSPS) is 15.1. The highest BCUT2D eigenvalue weighted by Gasteiger charge is 2.18. The summed E-state index contributed by atoms with van der Waals surface area (Å²) in [6, 6.07) is 2.30. The molecule has 0 saturated carbocycles. The van der Waals surface area contributed by atoms with Crippen molar-refractivity contribution in [2.24, 2.45) is 0 Å². The second kappa shape index (κ2) is 4.57. The van der Waals surface area contributed by atoms with E-state index in [1.807, 2.05) is 4.90 Å². The second-order valence-corrected chi connectivity index (χ2v) is 3.91. The van der Waals surface area contributed by atoms with Gasteiger partial charge in [0.15, 0.2) is 11.6 Å². The third-order valence-corrected chi connectivity index (χ3v) is 2.73. The number of hydrogen-bond donors (Lipinski definition) is 2. The average Bonchev–Trinajstić information content (AvgIpc) is 2.76. The van der Waals surface area contributed by atoms with E-state index < -0.39 is 23.4 Å². The van der Waals surface area contributed by atoms with Gasteiger partial charge < -0.3 is 10.0 Å². The average molecular weight is 242 g/mol. The van der Waals surface area contributed by atoms with E-state index in [-0.39, 0.29) is 0 Å². The van der Waals surface area contributed by atoms with Crippen LogP contribution in [0.4, 0.5) is 25.0 Å². The molecule has 1 aromatic rings. The summed E-state index contributed by atoms with van der Waals surface area (Å²) in [7, 11) is 0. The van der Waals surface area contributed by atoms with Crippen molar-refractivity contribution >= 4 is 17.5 Å². The molecule has 0 aromatic heterocycles. The second-order valence-electron chi connectivity index (χ2n) is 3.91. The van der Waals surface area contributed by atoms with Gasteiger partial charge in [0.25, 0.3) is 0 Å². The molecule has 6 heteroatoms. The molecule has 1 fully saturated rings. The maximum atomic E-state index is 13.5. The minimum Gasteiger partial charge on any atom is -0.465 e. The van der Waals surface area contributed by atoms with Crippen molar-refractivity contribution in [2.75, 3.05) is 23.3 Å². The molecular weight excluding hydrogens is 230 g/mol. The summed E-state index contributed by atoms with van der Waals surface area (Å²) >= 11 is 0. The maximum absolute atomic E-state index is 13.5. The quantitative estimate of drug-likeness (QED) is 0.838. The molecule has 17 heavy (non-hydrogen) atoms. The zero-order valence-electron chi connectivity index (χ0n) is 9.04. The van der Waals surface area contributed by atoms with E-state index in [0.717, 1.165) is 38.1 Å². The Bertz CT molecular complexity index is 422. The number of carboxylic acid groups (broad SMARTS) is 1. The number of amides is 1. The molecule has 0 spiro atoms. The van der Waals surface area contributed by atoms with Crippen molar-refractivity contribution in [1.29, 1.82) is 0 Å². The lowest BCUT2D eigenvalue weighted by molar-refractivity contribution is 0.209. The fourth-order valence-electron chi connectivity index (χ4n) is 1.94. The van der Waals surface area contributed by atoms with Crippen LogP contribution in [-0.4, -0.2) is 24.3 Å². The molecule has 1 saturated heterocycles. The highest BCUT2D eigenvalue weighted by molar-refractivity contribution is 5.83. The molecule has 2 N–H and O–H groups in total. The van der Waals surface area contributed by atoms with Crippen LogP contribution in [0.3, 0.4) is 0 Å². The Hall–Kier alpha value is -1.85. The Morgan fingerprint density at radius 2 is 1.76 bits per heavy atom. The molecule has 2 rings (SSSR count). The molecule has 1 aliphatic rings. The number of nitrogens with zero attached hydrogens (tertiary/aromatic N) is 1. The van der Waals surface area contributed by atoms with Crippen LogP contribution in [0, 0.1) is 11.6 Å². The van der Waals surface area contributed by atoms with Gasteiger partial charge in [-0.1, -0.05) is 0 Å². The Morgan fingerprint density at radius 3 is 2.24 bits per heavy atom. The molecule has 1 aromatic carbocycles. The SMILES string of the molecule is O=C(O)Nc1c(F)cc(N2CCCC2)cc1F. The molecule has 0 aliphatic carbocycles. The number of benzene rings is 1. The van der Waals surface area contributed by atoms with E-state index in [1.54, 1.807) is 5.32 Å². The van der Waals surface area contributed by atoms with Crippen molar-refractivity contribution in [2.45, 2.75) is 12.8 Å². The van der Waals surface area contributed by atoms with Crippen LogP contribution >= 0.6 is 0 Å². The first-order valence-corrected chi connectivity index (χ1v) is 5.32. The Labute approximate surface area is 96.8 Å². The number of anilines is 2. The molecule has 1 amide bonds. The Balaban J connectivity index is 2.30. The fraction of sp³-hybridized carbons (Fsp3) is 0.364. The smallest absolute Gasteiger partial charge is 0.409 e. The summed E-state index contributed by atoms with van der Waals surface area (Å²) < 4.78 is 27.1. The van der Waals surface area contributed by atoms with Crippen LogP contribution in [0.1, 0.15) is 12.8 Å². The predicted octanol–water partition coefficient (Wildman–Crippen LogP) is 2.65. The fourth-order valence-corrected chi connectivity index (χ4v) is 1.94. The van der Waals surface area contributed by atoms with Gasteiger partial charge >= 0.3 is 6.09 Å². The highest BCUT2D eigenvalue weighted by atomic mass is 19.1. The highest BCUT2D eigenvalue weighted by Crippen LogP contribution is 2.27. The predicted molar refractivity (Wildman–Crippen MR) is 59.5 cm³/mol. The molecule has 1 heterocycles. The van der Waals surface area contributed by atoms with Gasteiger partial charge in [0.2, 0.25) is 0 Å². The summed E-state index contributed by atoms with van der Waals surface area (Å²) in [5.41, 5.74) is -0.172. The van der Waals surface area contributed by atoms with Gasteiger partial charge in [-0.05, 0) is 25.0 Å². The number of rotatable bonds is 2. The summed E-state index contributed by atoms with van der Waals surface area (Å²) in [5.74, 6) is -1.79. The van der Waals surface area contributed by atoms with Crippen molar-refractivity contribution in [3.63, 3.8) is 0 Å². The van der Waals surface area contributed by atoms with Crippen molar-refractivity contribution in [3.05, 3.63) is 23.8 Å². The minimum atomic E-state index is -1.49. The van der Waals surface area contributed by atoms with Gasteiger partial charge in [-0.3, -0.25) is 5.32 Å². The number of carbonyl (C=O) groups is 1. The van der Waals surface area contributed by atoms with E-state index >= 15 is 0 Å². The van der Waals surface area contributed by atoms with Crippen LogP contribution in [0.5, 0.6) is 0 Å². The first-order valence-electron chi connectivity index (χ1n) is 5.32. The molecular formula is C11H12F2N2O2. The first-order chi connectivity index (χ1) is 8.08. The van der Waals surface area contributed by atoms with Gasteiger partial charge in [0.05, 0.1) is 0 Å². The van der Waals surface area contributed by atoms with Gasteiger partial charge in [-0.15, -0.1) is 0 Å². The summed E-state index contributed by atoms with van der Waals surface area (Å²) in [6.07, 6.45) is 0.508. The van der Waals surface area contributed by atoms with E-state index in [4.69, 9.17) is 5.11 Å². The Morgan fingerprint density at radius 1 is 1.24 bits per heavy atom. The lowest BCUT2D eigenvalue weighted by Crippen LogP contribution is -2.19. The number of hydrogen-bond acceptors (Lipinski definition) is 2. The van der Waals surface area contributed by atoms with Crippen LogP contribution < -0.4 is 10.2 Å². The van der Waals surface area contributed by atoms with Crippen molar-refractivity contribution in [3.8, 4) is 0 Å². The zero-order chi connectivity index (χ0) is 12.4. The van der Waals surface area contributed by atoms with Gasteiger partial charge in [0.1, 0.15) is 5.69 Å². The van der Waals surface area contributed by atoms with Crippen LogP contribution in [0.15, 0.2) is 12.1 Å². The van der Waals surface area contributed by atoms with E-state index in [9.17, 15) is 13.6 Å². The van der Waals surface area contributed by atoms with Crippen LogP contribution in [0.25, 0.3) is 0 Å². The zero-order valence-corrected chi connectivity index (χ0v) is 9.04.